The maximum Gasteiger partial charge on any atom is 0.257 e. The molecule has 27 heavy (non-hydrogen) atoms. The Morgan fingerprint density at radius 1 is 1.19 bits per heavy atom. The van der Waals surface area contributed by atoms with Crippen LogP contribution in [0.2, 0.25) is 5.02 Å². The maximum atomic E-state index is 12.7. The van der Waals surface area contributed by atoms with Crippen LogP contribution in [0.3, 0.4) is 0 Å². The van der Waals surface area contributed by atoms with E-state index in [-0.39, 0.29) is 5.91 Å². The summed E-state index contributed by atoms with van der Waals surface area (Å²) in [7, 11) is 0. The Morgan fingerprint density at radius 2 is 1.96 bits per heavy atom. The standard InChI is InChI=1S/C20H17ClN4O2/c1-12-18(19(25-27-12)13-6-2-3-7-14(13)21)20(26)22-11-10-17-23-15-8-4-5-9-16(15)24-17/h2-9H,10-11H2,1H3,(H,22,26)(H,23,24). The zero-order valence-electron chi connectivity index (χ0n) is 14.6. The number of hydrogen-bond donors (Lipinski definition) is 2. The second kappa shape index (κ2) is 7.25. The SMILES string of the molecule is Cc1onc(-c2ccccc2Cl)c1C(=O)NCCc1nc2ccccc2[nH]1. The van der Waals surface area contributed by atoms with E-state index in [0.29, 0.717) is 40.6 Å². The first-order chi connectivity index (χ1) is 13.1. The Morgan fingerprint density at radius 3 is 2.78 bits per heavy atom. The number of benzene rings is 2. The molecule has 4 rings (SSSR count). The minimum absolute atomic E-state index is 0.250. The quantitative estimate of drug-likeness (QED) is 0.544. The van der Waals surface area contributed by atoms with Crippen LogP contribution in [-0.2, 0) is 6.42 Å². The third kappa shape index (κ3) is 3.44. The molecule has 0 aliphatic heterocycles. The molecule has 2 aromatic heterocycles. The third-order valence-electron chi connectivity index (χ3n) is 4.30. The average molecular weight is 381 g/mol. The molecule has 0 spiro atoms. The Hall–Kier alpha value is -3.12. The number of nitrogens with one attached hydrogen (secondary N) is 2. The van der Waals surface area contributed by atoms with Crippen LogP contribution >= 0.6 is 11.6 Å². The van der Waals surface area contributed by atoms with E-state index in [1.807, 2.05) is 42.5 Å². The van der Waals surface area contributed by atoms with Gasteiger partial charge in [0.05, 0.1) is 16.1 Å². The number of H-pyrrole nitrogens is 1. The van der Waals surface area contributed by atoms with Crippen molar-refractivity contribution in [3.63, 3.8) is 0 Å². The van der Waals surface area contributed by atoms with Crippen LogP contribution in [0.15, 0.2) is 53.1 Å². The first-order valence-corrected chi connectivity index (χ1v) is 8.94. The van der Waals surface area contributed by atoms with Gasteiger partial charge in [-0.1, -0.05) is 47.1 Å². The highest BCUT2D eigenvalue weighted by atomic mass is 35.5. The number of amides is 1. The molecular formula is C20H17ClN4O2. The Kier molecular flexibility index (Phi) is 4.64. The summed E-state index contributed by atoms with van der Waals surface area (Å²) in [5.41, 5.74) is 3.40. The van der Waals surface area contributed by atoms with Crippen molar-refractivity contribution in [2.24, 2.45) is 0 Å². The number of para-hydroxylation sites is 2. The average Bonchev–Trinajstić information content (AvgIpc) is 3.25. The lowest BCUT2D eigenvalue weighted by Crippen LogP contribution is -2.26. The molecule has 0 unspecified atom stereocenters. The van der Waals surface area contributed by atoms with E-state index in [0.717, 1.165) is 16.9 Å². The molecule has 2 heterocycles. The summed E-state index contributed by atoms with van der Waals surface area (Å²) in [4.78, 5) is 20.5. The highest BCUT2D eigenvalue weighted by molar-refractivity contribution is 6.33. The molecule has 1 amide bonds. The molecule has 0 radical (unpaired) electrons. The van der Waals surface area contributed by atoms with Gasteiger partial charge in [-0.3, -0.25) is 4.79 Å². The smallest absolute Gasteiger partial charge is 0.257 e. The monoisotopic (exact) mass is 380 g/mol. The molecule has 2 aromatic carbocycles. The van der Waals surface area contributed by atoms with Gasteiger partial charge in [-0.15, -0.1) is 0 Å². The van der Waals surface area contributed by atoms with Crippen molar-refractivity contribution < 1.29 is 9.32 Å². The van der Waals surface area contributed by atoms with Crippen LogP contribution in [-0.4, -0.2) is 27.6 Å². The van der Waals surface area contributed by atoms with Gasteiger partial charge in [0, 0.05) is 18.5 Å². The number of aryl methyl sites for hydroxylation is 1. The van der Waals surface area contributed by atoms with Gasteiger partial charge in [-0.05, 0) is 25.1 Å². The number of nitrogens with zero attached hydrogens (tertiary/aromatic N) is 2. The molecular weight excluding hydrogens is 364 g/mol. The fourth-order valence-corrected chi connectivity index (χ4v) is 3.21. The normalized spacial score (nSPS) is 11.0. The number of aromatic amines is 1. The van der Waals surface area contributed by atoms with Crippen molar-refractivity contribution in [3.05, 3.63) is 70.7 Å². The van der Waals surface area contributed by atoms with E-state index in [2.05, 4.69) is 20.4 Å². The van der Waals surface area contributed by atoms with E-state index >= 15 is 0 Å². The lowest BCUT2D eigenvalue weighted by atomic mass is 10.1. The molecule has 0 aliphatic rings. The topological polar surface area (TPSA) is 83.8 Å². The van der Waals surface area contributed by atoms with Crippen LogP contribution in [0.1, 0.15) is 21.9 Å². The number of hydrogen-bond acceptors (Lipinski definition) is 4. The summed E-state index contributed by atoms with van der Waals surface area (Å²) in [5, 5.41) is 7.45. The minimum atomic E-state index is -0.250. The fourth-order valence-electron chi connectivity index (χ4n) is 2.98. The number of rotatable bonds is 5. The number of halogens is 1. The molecule has 0 bridgehead atoms. The molecule has 136 valence electrons. The van der Waals surface area contributed by atoms with E-state index < -0.39 is 0 Å². The molecule has 7 heteroatoms. The van der Waals surface area contributed by atoms with Crippen molar-refractivity contribution >= 4 is 28.5 Å². The van der Waals surface area contributed by atoms with Gasteiger partial charge < -0.3 is 14.8 Å². The molecule has 4 aromatic rings. The molecule has 0 saturated heterocycles. The largest absolute Gasteiger partial charge is 0.360 e. The third-order valence-corrected chi connectivity index (χ3v) is 4.63. The molecule has 6 nitrogen and oxygen atoms in total. The van der Waals surface area contributed by atoms with Crippen molar-refractivity contribution in [3.8, 4) is 11.3 Å². The Balaban J connectivity index is 1.49. The highest BCUT2D eigenvalue weighted by Crippen LogP contribution is 2.30. The van der Waals surface area contributed by atoms with Gasteiger partial charge in [0.15, 0.2) is 0 Å². The number of aromatic nitrogens is 3. The van der Waals surface area contributed by atoms with Crippen LogP contribution in [0.5, 0.6) is 0 Å². The van der Waals surface area contributed by atoms with E-state index in [1.165, 1.54) is 0 Å². The number of carbonyl (C=O) groups excluding carboxylic acids is 1. The summed E-state index contributed by atoms with van der Waals surface area (Å²) < 4.78 is 5.24. The summed E-state index contributed by atoms with van der Waals surface area (Å²) in [6.07, 6.45) is 0.589. The summed E-state index contributed by atoms with van der Waals surface area (Å²) >= 11 is 6.24. The molecule has 0 atom stereocenters. The summed E-state index contributed by atoms with van der Waals surface area (Å²) in [6.45, 7) is 2.15. The van der Waals surface area contributed by atoms with Gasteiger partial charge in [0.25, 0.3) is 5.91 Å². The molecule has 2 N–H and O–H groups in total. The lowest BCUT2D eigenvalue weighted by Gasteiger charge is -2.06. The van der Waals surface area contributed by atoms with Crippen molar-refractivity contribution in [1.29, 1.82) is 0 Å². The van der Waals surface area contributed by atoms with Gasteiger partial charge in [0.2, 0.25) is 0 Å². The second-order valence-electron chi connectivity index (χ2n) is 6.15. The Bertz CT molecular complexity index is 1080. The molecule has 0 fully saturated rings. The van der Waals surface area contributed by atoms with Crippen LogP contribution in [0.4, 0.5) is 0 Å². The summed E-state index contributed by atoms with van der Waals surface area (Å²) in [6, 6.07) is 15.1. The zero-order chi connectivity index (χ0) is 18.8. The van der Waals surface area contributed by atoms with E-state index in [9.17, 15) is 4.79 Å². The van der Waals surface area contributed by atoms with Gasteiger partial charge in [0.1, 0.15) is 22.8 Å². The lowest BCUT2D eigenvalue weighted by molar-refractivity contribution is 0.0953. The summed E-state index contributed by atoms with van der Waals surface area (Å²) in [5.74, 6) is 1.02. The zero-order valence-corrected chi connectivity index (χ0v) is 15.4. The molecule has 0 aliphatic carbocycles. The van der Waals surface area contributed by atoms with Crippen LogP contribution < -0.4 is 5.32 Å². The Labute approximate surface area is 160 Å². The fraction of sp³-hybridized carbons (Fsp3) is 0.150. The minimum Gasteiger partial charge on any atom is -0.360 e. The highest BCUT2D eigenvalue weighted by Gasteiger charge is 2.22. The number of fused-ring (bicyclic) bond motifs is 1. The van der Waals surface area contributed by atoms with Crippen molar-refractivity contribution in [2.75, 3.05) is 6.54 Å². The van der Waals surface area contributed by atoms with Gasteiger partial charge in [-0.25, -0.2) is 4.98 Å². The van der Waals surface area contributed by atoms with Crippen LogP contribution in [0.25, 0.3) is 22.3 Å². The second-order valence-corrected chi connectivity index (χ2v) is 6.56. The molecule has 0 saturated carbocycles. The van der Waals surface area contributed by atoms with Gasteiger partial charge in [-0.2, -0.15) is 0 Å². The first-order valence-electron chi connectivity index (χ1n) is 8.56. The first kappa shape index (κ1) is 17.3. The number of carbonyl (C=O) groups is 1. The van der Waals surface area contributed by atoms with E-state index in [1.54, 1.807) is 13.0 Å². The van der Waals surface area contributed by atoms with E-state index in [4.69, 9.17) is 16.1 Å². The van der Waals surface area contributed by atoms with Crippen molar-refractivity contribution in [1.82, 2.24) is 20.4 Å². The number of imidazole rings is 1. The maximum absolute atomic E-state index is 12.7. The van der Waals surface area contributed by atoms with Crippen LogP contribution in [0, 0.1) is 6.92 Å². The van der Waals surface area contributed by atoms with Crippen molar-refractivity contribution in [2.45, 2.75) is 13.3 Å². The van der Waals surface area contributed by atoms with Gasteiger partial charge >= 0.3 is 0 Å². The predicted molar refractivity (Wildman–Crippen MR) is 104 cm³/mol. The predicted octanol–water partition coefficient (Wildman–Crippen LogP) is 4.15.